The molecule has 0 aliphatic carbocycles. The molecule has 0 amide bonds. The van der Waals surface area contributed by atoms with Gasteiger partial charge in [0, 0.05) is 24.2 Å². The second-order valence-corrected chi connectivity index (χ2v) is 5.92. The van der Waals surface area contributed by atoms with Gasteiger partial charge in [0.1, 0.15) is 5.82 Å². The summed E-state index contributed by atoms with van der Waals surface area (Å²) in [6.07, 6.45) is 0. The molecule has 1 fully saturated rings. The maximum absolute atomic E-state index is 14.3. The van der Waals surface area contributed by atoms with E-state index in [1.54, 1.807) is 12.1 Å². The van der Waals surface area contributed by atoms with Gasteiger partial charge in [-0.1, -0.05) is 41.9 Å². The number of rotatable bonds is 2. The summed E-state index contributed by atoms with van der Waals surface area (Å²) >= 11 is 5.87. The first-order valence-electron chi connectivity index (χ1n) is 7.15. The maximum atomic E-state index is 14.3. The predicted molar refractivity (Wildman–Crippen MR) is 85.4 cm³/mol. The minimum atomic E-state index is -0.266. The van der Waals surface area contributed by atoms with Gasteiger partial charge in [0.2, 0.25) is 0 Å². The molecule has 2 unspecified atom stereocenters. The monoisotopic (exact) mass is 304 g/mol. The number of anilines is 1. The average Bonchev–Trinajstić information content (AvgIpc) is 2.48. The maximum Gasteiger partial charge on any atom is 0.147 e. The van der Waals surface area contributed by atoms with Crippen LogP contribution >= 0.6 is 11.6 Å². The zero-order chi connectivity index (χ0) is 14.8. The standard InChI is InChI=1S/C17H18ClFN2/c1-12-11-21(16-8-7-14(18)9-15(16)19)17(10-20-12)13-5-3-2-4-6-13/h2-9,12,17,20H,10-11H2,1H3. The van der Waals surface area contributed by atoms with Crippen molar-refractivity contribution in [2.45, 2.75) is 19.0 Å². The molecule has 1 aliphatic heterocycles. The summed E-state index contributed by atoms with van der Waals surface area (Å²) in [7, 11) is 0. The van der Waals surface area contributed by atoms with Crippen LogP contribution in [0.1, 0.15) is 18.5 Å². The first-order chi connectivity index (χ1) is 10.1. The minimum Gasteiger partial charge on any atom is -0.359 e. The molecule has 1 saturated heterocycles. The van der Waals surface area contributed by atoms with Crippen molar-refractivity contribution in [3.05, 3.63) is 64.9 Å². The third-order valence-electron chi connectivity index (χ3n) is 3.91. The molecule has 21 heavy (non-hydrogen) atoms. The highest BCUT2D eigenvalue weighted by Gasteiger charge is 2.28. The predicted octanol–water partition coefficient (Wildman–Crippen LogP) is 4.02. The van der Waals surface area contributed by atoms with E-state index in [0.29, 0.717) is 16.8 Å². The molecular weight excluding hydrogens is 287 g/mol. The van der Waals surface area contributed by atoms with E-state index in [1.165, 1.54) is 11.6 Å². The molecule has 0 saturated carbocycles. The Hall–Kier alpha value is -1.58. The van der Waals surface area contributed by atoms with Crippen molar-refractivity contribution in [2.75, 3.05) is 18.0 Å². The van der Waals surface area contributed by atoms with Crippen molar-refractivity contribution in [1.82, 2.24) is 5.32 Å². The Labute approximate surface area is 129 Å². The van der Waals surface area contributed by atoms with E-state index >= 15 is 0 Å². The second-order valence-electron chi connectivity index (χ2n) is 5.48. The molecule has 110 valence electrons. The van der Waals surface area contributed by atoms with E-state index in [-0.39, 0.29) is 11.9 Å². The average molecular weight is 305 g/mol. The summed E-state index contributed by atoms with van der Waals surface area (Å²) in [6.45, 7) is 3.67. The summed E-state index contributed by atoms with van der Waals surface area (Å²) in [6, 6.07) is 15.5. The molecule has 0 spiro atoms. The Morgan fingerprint density at radius 2 is 1.95 bits per heavy atom. The van der Waals surface area contributed by atoms with Crippen LogP contribution in [-0.4, -0.2) is 19.1 Å². The number of nitrogens with zero attached hydrogens (tertiary/aromatic N) is 1. The lowest BCUT2D eigenvalue weighted by atomic mass is 10.0. The fourth-order valence-corrected chi connectivity index (χ4v) is 3.02. The van der Waals surface area contributed by atoms with Gasteiger partial charge in [-0.3, -0.25) is 0 Å². The molecule has 2 nitrogen and oxygen atoms in total. The van der Waals surface area contributed by atoms with Crippen LogP contribution in [-0.2, 0) is 0 Å². The first kappa shape index (κ1) is 14.4. The number of hydrogen-bond donors (Lipinski definition) is 1. The van der Waals surface area contributed by atoms with Crippen LogP contribution in [0.2, 0.25) is 5.02 Å². The smallest absolute Gasteiger partial charge is 0.147 e. The number of halogens is 2. The molecular formula is C17H18ClFN2. The van der Waals surface area contributed by atoms with Gasteiger partial charge in [0.25, 0.3) is 0 Å². The lowest BCUT2D eigenvalue weighted by Crippen LogP contribution is -2.51. The Morgan fingerprint density at radius 3 is 2.67 bits per heavy atom. The number of nitrogens with one attached hydrogen (secondary N) is 1. The molecule has 1 N–H and O–H groups in total. The molecule has 2 atom stereocenters. The fraction of sp³-hybridized carbons (Fsp3) is 0.294. The number of hydrogen-bond acceptors (Lipinski definition) is 2. The van der Waals surface area contributed by atoms with E-state index in [2.05, 4.69) is 29.3 Å². The number of piperazine rings is 1. The Bertz CT molecular complexity index is 617. The summed E-state index contributed by atoms with van der Waals surface area (Å²) in [5, 5.41) is 3.90. The van der Waals surface area contributed by atoms with Crippen molar-refractivity contribution in [2.24, 2.45) is 0 Å². The van der Waals surface area contributed by atoms with Crippen molar-refractivity contribution in [3.63, 3.8) is 0 Å². The zero-order valence-corrected chi connectivity index (χ0v) is 12.6. The van der Waals surface area contributed by atoms with Gasteiger partial charge >= 0.3 is 0 Å². The molecule has 2 aromatic rings. The van der Waals surface area contributed by atoms with Crippen LogP contribution in [0.5, 0.6) is 0 Å². The molecule has 0 aromatic heterocycles. The highest BCUT2D eigenvalue weighted by atomic mass is 35.5. The summed E-state index contributed by atoms with van der Waals surface area (Å²) in [4.78, 5) is 2.13. The van der Waals surface area contributed by atoms with Gasteiger partial charge in [-0.2, -0.15) is 0 Å². The van der Waals surface area contributed by atoms with Crippen molar-refractivity contribution >= 4 is 17.3 Å². The molecule has 0 bridgehead atoms. The van der Waals surface area contributed by atoms with Crippen molar-refractivity contribution in [1.29, 1.82) is 0 Å². The number of benzene rings is 2. The van der Waals surface area contributed by atoms with Gasteiger partial charge in [0.05, 0.1) is 11.7 Å². The fourth-order valence-electron chi connectivity index (χ4n) is 2.86. The Kier molecular flexibility index (Phi) is 4.13. The minimum absolute atomic E-state index is 0.123. The quantitative estimate of drug-likeness (QED) is 0.901. The summed E-state index contributed by atoms with van der Waals surface area (Å²) in [5.74, 6) is -0.266. The van der Waals surface area contributed by atoms with Crippen LogP contribution in [0.15, 0.2) is 48.5 Å². The van der Waals surface area contributed by atoms with Crippen LogP contribution in [0.4, 0.5) is 10.1 Å². The first-order valence-corrected chi connectivity index (χ1v) is 7.53. The molecule has 4 heteroatoms. The van der Waals surface area contributed by atoms with Crippen LogP contribution in [0.3, 0.4) is 0 Å². The molecule has 2 aromatic carbocycles. The van der Waals surface area contributed by atoms with Crippen LogP contribution in [0.25, 0.3) is 0 Å². The van der Waals surface area contributed by atoms with Crippen LogP contribution in [0, 0.1) is 5.82 Å². The van der Waals surface area contributed by atoms with E-state index < -0.39 is 0 Å². The van der Waals surface area contributed by atoms with Crippen molar-refractivity contribution < 1.29 is 4.39 Å². The molecule has 0 radical (unpaired) electrons. The lowest BCUT2D eigenvalue weighted by Gasteiger charge is -2.41. The van der Waals surface area contributed by atoms with Crippen LogP contribution < -0.4 is 10.2 Å². The summed E-state index contributed by atoms with van der Waals surface area (Å²) < 4.78 is 14.3. The van der Waals surface area contributed by atoms with Crippen molar-refractivity contribution in [3.8, 4) is 0 Å². The molecule has 1 heterocycles. The molecule has 3 rings (SSSR count). The topological polar surface area (TPSA) is 15.3 Å². The normalized spacial score (nSPS) is 22.3. The van der Waals surface area contributed by atoms with E-state index in [4.69, 9.17) is 11.6 Å². The molecule has 1 aliphatic rings. The Balaban J connectivity index is 1.98. The van der Waals surface area contributed by atoms with Gasteiger partial charge < -0.3 is 10.2 Å². The second kappa shape index (κ2) is 6.04. The zero-order valence-electron chi connectivity index (χ0n) is 11.9. The largest absolute Gasteiger partial charge is 0.359 e. The highest BCUT2D eigenvalue weighted by Crippen LogP contribution is 2.32. The van der Waals surface area contributed by atoms with Gasteiger partial charge in [-0.25, -0.2) is 4.39 Å². The van der Waals surface area contributed by atoms with Gasteiger partial charge in [-0.15, -0.1) is 0 Å². The van der Waals surface area contributed by atoms with Gasteiger partial charge in [0.15, 0.2) is 0 Å². The summed E-state index contributed by atoms with van der Waals surface area (Å²) in [5.41, 5.74) is 1.80. The SMILES string of the molecule is CC1CN(c2ccc(Cl)cc2F)C(c2ccccc2)CN1. The Morgan fingerprint density at radius 1 is 1.19 bits per heavy atom. The lowest BCUT2D eigenvalue weighted by molar-refractivity contribution is 0.412. The third-order valence-corrected chi connectivity index (χ3v) is 4.15. The van der Waals surface area contributed by atoms with E-state index in [9.17, 15) is 4.39 Å². The van der Waals surface area contributed by atoms with Gasteiger partial charge in [-0.05, 0) is 30.7 Å². The third kappa shape index (κ3) is 3.04. The highest BCUT2D eigenvalue weighted by molar-refractivity contribution is 6.30. The van der Waals surface area contributed by atoms with E-state index in [0.717, 1.165) is 13.1 Å². The van der Waals surface area contributed by atoms with E-state index in [1.807, 2.05) is 18.2 Å².